The lowest BCUT2D eigenvalue weighted by molar-refractivity contribution is 0.159. The topological polar surface area (TPSA) is 71.4 Å². The monoisotopic (exact) mass is 399 g/mol. The lowest BCUT2D eigenvalue weighted by Gasteiger charge is -2.20. The van der Waals surface area contributed by atoms with Crippen molar-refractivity contribution in [2.75, 3.05) is 38.7 Å². The number of methoxy groups -OCH3 is 1. The minimum Gasteiger partial charge on any atom is -0.383 e. The zero-order valence-electron chi connectivity index (χ0n) is 18.1. The maximum absolute atomic E-state index is 12.8. The Bertz CT molecular complexity index is 812. The number of aromatic nitrogens is 2. The van der Waals surface area contributed by atoms with Gasteiger partial charge in [-0.15, -0.1) is 0 Å². The lowest BCUT2D eigenvalue weighted by Crippen LogP contribution is -2.42. The van der Waals surface area contributed by atoms with Gasteiger partial charge in [0.25, 0.3) is 0 Å². The van der Waals surface area contributed by atoms with Crippen LogP contribution < -0.4 is 10.6 Å². The predicted octanol–water partition coefficient (Wildman–Crippen LogP) is 2.95. The summed E-state index contributed by atoms with van der Waals surface area (Å²) < 4.78 is 6.95. The number of amides is 2. The summed E-state index contributed by atoms with van der Waals surface area (Å²) in [5.41, 5.74) is 2.12. The van der Waals surface area contributed by atoms with Crippen LogP contribution in [0, 0.1) is 0 Å². The standard InChI is InChI=1S/C22H33N5O2/c1-22(2,3)19-13-20(26(4)25-19)24-21(28)23-18-15-27(11-12-29-5)14-17(18)16-9-7-6-8-10-16/h6-10,13,17-18H,11-12,14-15H2,1-5H3,(H2,23,24,28)/t17-,18+/m1/s1. The molecule has 2 N–H and O–H groups in total. The van der Waals surface area contributed by atoms with Crippen molar-refractivity contribution in [2.24, 2.45) is 7.05 Å². The molecule has 2 aromatic rings. The van der Waals surface area contributed by atoms with Crippen molar-refractivity contribution in [2.45, 2.75) is 38.1 Å². The number of hydrogen-bond acceptors (Lipinski definition) is 4. The van der Waals surface area contributed by atoms with Crippen LogP contribution in [0.15, 0.2) is 36.4 Å². The smallest absolute Gasteiger partial charge is 0.320 e. The summed E-state index contributed by atoms with van der Waals surface area (Å²) in [6.45, 7) is 9.57. The molecule has 0 saturated carbocycles. The first-order chi connectivity index (χ1) is 13.8. The molecule has 7 nitrogen and oxygen atoms in total. The van der Waals surface area contributed by atoms with Gasteiger partial charge < -0.3 is 10.1 Å². The molecule has 2 amide bonds. The fraction of sp³-hybridized carbons (Fsp3) is 0.545. The van der Waals surface area contributed by atoms with Crippen LogP contribution in [0.4, 0.5) is 10.6 Å². The zero-order chi connectivity index (χ0) is 21.0. The number of carbonyl (C=O) groups excluding carboxylic acids is 1. The number of carbonyl (C=O) groups is 1. The third-order valence-electron chi connectivity index (χ3n) is 5.44. The SMILES string of the molecule is COCCN1C[C@H](NC(=O)Nc2cc(C(C)(C)C)nn2C)[C@@H](c2ccccc2)C1. The van der Waals surface area contributed by atoms with Gasteiger partial charge in [0, 0.05) is 51.2 Å². The Balaban J connectivity index is 1.69. The maximum Gasteiger partial charge on any atom is 0.320 e. The van der Waals surface area contributed by atoms with Gasteiger partial charge in [0.15, 0.2) is 0 Å². The van der Waals surface area contributed by atoms with E-state index in [1.165, 1.54) is 5.56 Å². The summed E-state index contributed by atoms with van der Waals surface area (Å²) in [5, 5.41) is 10.7. The largest absolute Gasteiger partial charge is 0.383 e. The van der Waals surface area contributed by atoms with E-state index >= 15 is 0 Å². The molecule has 1 aromatic heterocycles. The molecule has 3 rings (SSSR count). The van der Waals surface area contributed by atoms with E-state index in [2.05, 4.69) is 53.5 Å². The first-order valence-corrected chi connectivity index (χ1v) is 10.2. The lowest BCUT2D eigenvalue weighted by atomic mass is 9.92. The summed E-state index contributed by atoms with van der Waals surface area (Å²) in [5.74, 6) is 0.938. The number of rotatable bonds is 6. The third-order valence-corrected chi connectivity index (χ3v) is 5.44. The van der Waals surface area contributed by atoms with Crippen molar-refractivity contribution in [3.05, 3.63) is 47.7 Å². The molecule has 0 bridgehead atoms. The van der Waals surface area contributed by atoms with E-state index < -0.39 is 0 Å². The Kier molecular flexibility index (Phi) is 6.59. The number of nitrogens with zero attached hydrogens (tertiary/aromatic N) is 3. The molecule has 29 heavy (non-hydrogen) atoms. The van der Waals surface area contributed by atoms with E-state index in [4.69, 9.17) is 4.74 Å². The van der Waals surface area contributed by atoms with E-state index in [9.17, 15) is 4.79 Å². The minimum atomic E-state index is -0.201. The molecule has 1 aliphatic rings. The fourth-order valence-corrected chi connectivity index (χ4v) is 3.74. The first-order valence-electron chi connectivity index (χ1n) is 10.2. The number of hydrogen-bond donors (Lipinski definition) is 2. The average Bonchev–Trinajstić information content (AvgIpc) is 3.24. The molecule has 1 aliphatic heterocycles. The number of anilines is 1. The van der Waals surface area contributed by atoms with Crippen molar-refractivity contribution in [1.82, 2.24) is 20.0 Å². The Labute approximate surface area is 173 Å². The van der Waals surface area contributed by atoms with Crippen LogP contribution in [-0.4, -0.2) is 60.1 Å². The van der Waals surface area contributed by atoms with Gasteiger partial charge in [-0.05, 0) is 5.56 Å². The minimum absolute atomic E-state index is 0.0320. The van der Waals surface area contributed by atoms with Crippen LogP contribution in [0.1, 0.15) is 37.9 Å². The number of aryl methyl sites for hydroxylation is 1. The van der Waals surface area contributed by atoms with Crippen molar-refractivity contribution in [3.8, 4) is 0 Å². The quantitative estimate of drug-likeness (QED) is 0.783. The highest BCUT2D eigenvalue weighted by Crippen LogP contribution is 2.28. The molecule has 1 saturated heterocycles. The summed E-state index contributed by atoms with van der Waals surface area (Å²) in [6.07, 6.45) is 0. The van der Waals surface area contributed by atoms with E-state index in [1.54, 1.807) is 11.8 Å². The van der Waals surface area contributed by atoms with Crippen LogP contribution in [0.2, 0.25) is 0 Å². The van der Waals surface area contributed by atoms with Crippen LogP contribution in [0.25, 0.3) is 0 Å². The highest BCUT2D eigenvalue weighted by Gasteiger charge is 2.34. The molecule has 0 radical (unpaired) electrons. The summed E-state index contributed by atoms with van der Waals surface area (Å²) >= 11 is 0. The zero-order valence-corrected chi connectivity index (χ0v) is 18.1. The van der Waals surface area contributed by atoms with Gasteiger partial charge in [-0.2, -0.15) is 5.10 Å². The number of ether oxygens (including phenoxy) is 1. The first kappa shape index (κ1) is 21.3. The van der Waals surface area contributed by atoms with Gasteiger partial charge in [-0.3, -0.25) is 14.9 Å². The third kappa shape index (κ3) is 5.36. The number of likely N-dealkylation sites (tertiary alicyclic amines) is 1. The second-order valence-electron chi connectivity index (χ2n) is 8.76. The van der Waals surface area contributed by atoms with Gasteiger partial charge in [0.2, 0.25) is 0 Å². The van der Waals surface area contributed by atoms with Gasteiger partial charge in [0.1, 0.15) is 5.82 Å². The molecule has 0 aliphatic carbocycles. The van der Waals surface area contributed by atoms with Crippen LogP contribution in [0.3, 0.4) is 0 Å². The molecular weight excluding hydrogens is 366 g/mol. The predicted molar refractivity (Wildman–Crippen MR) is 115 cm³/mol. The molecule has 0 spiro atoms. The second-order valence-corrected chi connectivity index (χ2v) is 8.76. The number of nitrogens with one attached hydrogen (secondary N) is 2. The number of benzene rings is 1. The van der Waals surface area contributed by atoms with Crippen LogP contribution in [-0.2, 0) is 17.2 Å². The van der Waals surface area contributed by atoms with E-state index in [1.807, 2.05) is 31.3 Å². The van der Waals surface area contributed by atoms with Crippen molar-refractivity contribution < 1.29 is 9.53 Å². The van der Waals surface area contributed by atoms with Gasteiger partial charge in [-0.25, -0.2) is 4.79 Å². The van der Waals surface area contributed by atoms with E-state index in [0.29, 0.717) is 12.4 Å². The Morgan fingerprint density at radius 2 is 1.97 bits per heavy atom. The summed E-state index contributed by atoms with van der Waals surface area (Å²) in [4.78, 5) is 15.1. The Morgan fingerprint density at radius 1 is 1.24 bits per heavy atom. The maximum atomic E-state index is 12.8. The average molecular weight is 400 g/mol. The van der Waals surface area contributed by atoms with Crippen molar-refractivity contribution in [3.63, 3.8) is 0 Å². The number of urea groups is 1. The Morgan fingerprint density at radius 3 is 2.59 bits per heavy atom. The molecule has 0 unspecified atom stereocenters. The van der Waals surface area contributed by atoms with Crippen molar-refractivity contribution >= 4 is 11.8 Å². The molecule has 2 heterocycles. The van der Waals surface area contributed by atoms with Gasteiger partial charge >= 0.3 is 6.03 Å². The molecule has 7 heteroatoms. The molecule has 2 atom stereocenters. The summed E-state index contributed by atoms with van der Waals surface area (Å²) in [6, 6.07) is 12.2. The van der Waals surface area contributed by atoms with E-state index in [-0.39, 0.29) is 23.4 Å². The Hall–Kier alpha value is -2.38. The molecular formula is C22H33N5O2. The fourth-order valence-electron chi connectivity index (χ4n) is 3.74. The molecule has 1 fully saturated rings. The summed E-state index contributed by atoms with van der Waals surface area (Å²) in [7, 11) is 3.56. The molecule has 1 aromatic carbocycles. The van der Waals surface area contributed by atoms with E-state index in [0.717, 1.165) is 25.3 Å². The van der Waals surface area contributed by atoms with Crippen LogP contribution in [0.5, 0.6) is 0 Å². The highest BCUT2D eigenvalue weighted by atomic mass is 16.5. The van der Waals surface area contributed by atoms with Crippen LogP contribution >= 0.6 is 0 Å². The van der Waals surface area contributed by atoms with Crippen molar-refractivity contribution in [1.29, 1.82) is 0 Å². The van der Waals surface area contributed by atoms with Gasteiger partial charge in [0.05, 0.1) is 18.3 Å². The highest BCUT2D eigenvalue weighted by molar-refractivity contribution is 5.88. The second kappa shape index (κ2) is 8.97. The van der Waals surface area contributed by atoms with Gasteiger partial charge in [-0.1, -0.05) is 51.1 Å². The molecule has 158 valence electrons. The normalized spacial score (nSPS) is 20.0.